The Kier molecular flexibility index (Phi) is 0.891. The van der Waals surface area contributed by atoms with E-state index in [1.165, 1.54) is 21.6 Å². The Morgan fingerprint density at radius 2 is 1.92 bits per heavy atom. The van der Waals surface area contributed by atoms with E-state index in [0.29, 0.717) is 0 Å². The average molecular weight is 152 g/mol. The minimum Gasteiger partial charge on any atom is -0.0917 e. The second kappa shape index (κ2) is 1.78. The van der Waals surface area contributed by atoms with Crippen LogP contribution in [0.2, 0.25) is 0 Å². The van der Waals surface area contributed by atoms with Crippen molar-refractivity contribution in [1.29, 1.82) is 0 Å². The van der Waals surface area contributed by atoms with Gasteiger partial charge in [0.05, 0.1) is 0 Å². The van der Waals surface area contributed by atoms with Crippen molar-refractivity contribution >= 4 is 18.2 Å². The van der Waals surface area contributed by atoms with Crippen molar-refractivity contribution in [3.8, 4) is 0 Å². The summed E-state index contributed by atoms with van der Waals surface area (Å²) in [6.07, 6.45) is 8.51. The van der Waals surface area contributed by atoms with Crippen LogP contribution < -0.4 is 10.4 Å². The van der Waals surface area contributed by atoms with Gasteiger partial charge in [0.25, 0.3) is 0 Å². The zero-order valence-electron chi connectivity index (χ0n) is 6.67. The van der Waals surface area contributed by atoms with Crippen molar-refractivity contribution in [1.82, 2.24) is 0 Å². The lowest BCUT2D eigenvalue weighted by atomic mass is 10.2. The number of hydrogen-bond acceptors (Lipinski definition) is 0. The van der Waals surface area contributed by atoms with Crippen LogP contribution >= 0.6 is 0 Å². The molecule has 0 saturated carbocycles. The molecular formula is C12H8. The molecule has 0 aromatic heterocycles. The van der Waals surface area contributed by atoms with Crippen LogP contribution in [0.15, 0.2) is 30.4 Å². The highest BCUT2D eigenvalue weighted by atomic mass is 14.1. The van der Waals surface area contributed by atoms with Gasteiger partial charge >= 0.3 is 0 Å². The normalized spacial score (nSPS) is 15.8. The minimum absolute atomic E-state index is 1.08. The third kappa shape index (κ3) is 0.722. The Morgan fingerprint density at radius 1 is 1.00 bits per heavy atom. The SMILES string of the molecule is C=C1C=Cc2cc3c(c(c2)=C1)=C3. The van der Waals surface area contributed by atoms with E-state index in [1.54, 1.807) is 0 Å². The molecule has 0 fully saturated rings. The molecule has 12 heavy (non-hydrogen) atoms. The quantitative estimate of drug-likeness (QED) is 0.532. The zero-order chi connectivity index (χ0) is 8.13. The van der Waals surface area contributed by atoms with Crippen LogP contribution in [0.1, 0.15) is 11.1 Å². The van der Waals surface area contributed by atoms with Crippen LogP contribution in [0, 0.1) is 0 Å². The molecule has 0 amide bonds. The Bertz CT molecular complexity index is 528. The standard InChI is InChI=1S/C12H8/c1-8-2-3-9-5-10(4-8)12-7-11(12)6-9/h2-7H,1H2. The largest absolute Gasteiger partial charge is 0.0917 e. The van der Waals surface area contributed by atoms with Gasteiger partial charge in [0.15, 0.2) is 0 Å². The highest BCUT2D eigenvalue weighted by Gasteiger charge is 2.08. The predicted molar refractivity (Wildman–Crippen MR) is 51.9 cm³/mol. The van der Waals surface area contributed by atoms with Gasteiger partial charge in [-0.2, -0.15) is 0 Å². The van der Waals surface area contributed by atoms with Gasteiger partial charge < -0.3 is 0 Å². The maximum absolute atomic E-state index is 3.94. The fourth-order valence-electron chi connectivity index (χ4n) is 1.63. The van der Waals surface area contributed by atoms with Gasteiger partial charge in [-0.15, -0.1) is 0 Å². The molecule has 0 heterocycles. The molecule has 0 unspecified atom stereocenters. The third-order valence-corrected chi connectivity index (χ3v) is 2.31. The summed E-state index contributed by atoms with van der Waals surface area (Å²) in [5, 5.41) is 2.71. The van der Waals surface area contributed by atoms with Crippen LogP contribution in [0.25, 0.3) is 18.2 Å². The lowest BCUT2D eigenvalue weighted by molar-refractivity contribution is 1.57. The Labute approximate surface area is 70.9 Å². The van der Waals surface area contributed by atoms with Crippen molar-refractivity contribution in [3.05, 3.63) is 51.9 Å². The van der Waals surface area contributed by atoms with Gasteiger partial charge in [0.2, 0.25) is 0 Å². The van der Waals surface area contributed by atoms with Gasteiger partial charge in [-0.05, 0) is 51.4 Å². The van der Waals surface area contributed by atoms with Crippen LogP contribution in [0.5, 0.6) is 0 Å². The number of allylic oxidation sites excluding steroid dienone is 2. The van der Waals surface area contributed by atoms with Gasteiger partial charge in [-0.25, -0.2) is 0 Å². The summed E-state index contributed by atoms with van der Waals surface area (Å²) in [7, 11) is 0. The fraction of sp³-hybridized carbons (Fsp3) is 0. The van der Waals surface area contributed by atoms with Crippen molar-refractivity contribution in [3.63, 3.8) is 0 Å². The number of hydrogen-bond donors (Lipinski definition) is 0. The van der Waals surface area contributed by atoms with Gasteiger partial charge in [-0.3, -0.25) is 0 Å². The van der Waals surface area contributed by atoms with Gasteiger partial charge in [-0.1, -0.05) is 18.7 Å². The molecule has 0 nitrogen and oxygen atoms in total. The second-order valence-electron chi connectivity index (χ2n) is 3.31. The second-order valence-corrected chi connectivity index (χ2v) is 3.31. The molecule has 1 aromatic rings. The molecule has 2 aliphatic carbocycles. The van der Waals surface area contributed by atoms with Crippen molar-refractivity contribution in [2.75, 3.05) is 0 Å². The summed E-state index contributed by atoms with van der Waals surface area (Å²) < 4.78 is 0. The van der Waals surface area contributed by atoms with Crippen LogP contribution in [0.4, 0.5) is 0 Å². The average Bonchev–Trinajstić information content (AvgIpc) is 2.79. The summed E-state index contributed by atoms with van der Waals surface area (Å²) in [4.78, 5) is 0. The molecule has 3 rings (SSSR count). The molecule has 0 spiro atoms. The van der Waals surface area contributed by atoms with E-state index < -0.39 is 0 Å². The molecule has 0 saturated heterocycles. The van der Waals surface area contributed by atoms with Crippen LogP contribution in [0.3, 0.4) is 0 Å². The van der Waals surface area contributed by atoms with Gasteiger partial charge in [0, 0.05) is 0 Å². The maximum Gasteiger partial charge on any atom is -0.0104 e. The molecule has 0 heteroatoms. The van der Waals surface area contributed by atoms with E-state index in [9.17, 15) is 0 Å². The van der Waals surface area contributed by atoms with E-state index in [-0.39, 0.29) is 0 Å². The molecule has 0 radical (unpaired) electrons. The van der Waals surface area contributed by atoms with E-state index in [2.05, 4.69) is 43.0 Å². The summed E-state index contributed by atoms with van der Waals surface area (Å²) >= 11 is 0. The third-order valence-electron chi connectivity index (χ3n) is 2.31. The molecule has 2 bridgehead atoms. The van der Waals surface area contributed by atoms with Crippen molar-refractivity contribution in [2.45, 2.75) is 0 Å². The summed E-state index contributed by atoms with van der Waals surface area (Å²) in [6.45, 7) is 3.94. The molecule has 0 aliphatic heterocycles. The molecule has 56 valence electrons. The topological polar surface area (TPSA) is 0 Å². The van der Waals surface area contributed by atoms with E-state index in [4.69, 9.17) is 0 Å². The van der Waals surface area contributed by atoms with Crippen molar-refractivity contribution in [2.24, 2.45) is 0 Å². The fourth-order valence-corrected chi connectivity index (χ4v) is 1.63. The molecular weight excluding hydrogens is 144 g/mol. The number of fused-ring (bicyclic) bond motifs is 4. The maximum atomic E-state index is 3.94. The minimum atomic E-state index is 1.08. The molecule has 1 aromatic carbocycles. The Hall–Kier alpha value is -1.56. The van der Waals surface area contributed by atoms with Gasteiger partial charge in [0.1, 0.15) is 0 Å². The van der Waals surface area contributed by atoms with E-state index in [0.717, 1.165) is 5.57 Å². The molecule has 2 aliphatic rings. The van der Waals surface area contributed by atoms with Crippen LogP contribution in [-0.2, 0) is 0 Å². The van der Waals surface area contributed by atoms with E-state index in [1.807, 2.05) is 0 Å². The highest BCUT2D eigenvalue weighted by Crippen LogP contribution is 2.11. The number of benzene rings is 1. The first-order chi connectivity index (χ1) is 5.83. The Morgan fingerprint density at radius 3 is 2.83 bits per heavy atom. The lowest BCUT2D eigenvalue weighted by Crippen LogP contribution is -2.16. The summed E-state index contributed by atoms with van der Waals surface area (Å²) in [5.74, 6) is 0. The van der Waals surface area contributed by atoms with Crippen LogP contribution in [-0.4, -0.2) is 0 Å². The summed E-state index contributed by atoms with van der Waals surface area (Å²) in [5.41, 5.74) is 3.75. The first-order valence-corrected chi connectivity index (χ1v) is 4.07. The molecule has 0 N–H and O–H groups in total. The summed E-state index contributed by atoms with van der Waals surface area (Å²) in [6, 6.07) is 4.42. The van der Waals surface area contributed by atoms with Crippen molar-refractivity contribution < 1.29 is 0 Å². The smallest absolute Gasteiger partial charge is 0.0104 e. The molecule has 0 atom stereocenters. The predicted octanol–water partition coefficient (Wildman–Crippen LogP) is 1.19. The monoisotopic (exact) mass is 152 g/mol. The first-order valence-electron chi connectivity index (χ1n) is 4.07. The zero-order valence-corrected chi connectivity index (χ0v) is 6.67. The lowest BCUT2D eigenvalue weighted by Gasteiger charge is -1.87. The van der Waals surface area contributed by atoms with E-state index >= 15 is 0 Å². The number of rotatable bonds is 0. The Balaban J connectivity index is 2.50. The first kappa shape index (κ1) is 6.01. The highest BCUT2D eigenvalue weighted by molar-refractivity contribution is 5.74.